The Morgan fingerprint density at radius 3 is 1.06 bits per heavy atom. The molecule has 0 aromatic heterocycles. The first-order chi connectivity index (χ1) is 39.6. The van der Waals surface area contributed by atoms with Crippen molar-refractivity contribution in [3.63, 3.8) is 0 Å². The third-order valence-corrected chi connectivity index (χ3v) is 14.9. The summed E-state index contributed by atoms with van der Waals surface area (Å²) in [6.07, 6.45) is 79.7. The van der Waals surface area contributed by atoms with Gasteiger partial charge in [-0.2, -0.15) is 0 Å². The zero-order valence-corrected chi connectivity index (χ0v) is 53.7. The number of likely N-dealkylation sites (N-methyl/N-ethyl adjacent to an activating group) is 1. The van der Waals surface area contributed by atoms with Crippen molar-refractivity contribution in [1.82, 2.24) is 0 Å². The lowest BCUT2D eigenvalue weighted by Gasteiger charge is -2.26. The van der Waals surface area contributed by atoms with E-state index in [0.717, 1.165) is 70.6 Å². The van der Waals surface area contributed by atoms with E-state index >= 15 is 0 Å². The Morgan fingerprint density at radius 1 is 0.383 bits per heavy atom. The molecule has 2 atom stereocenters. The van der Waals surface area contributed by atoms with Gasteiger partial charge in [0.15, 0.2) is 12.4 Å². The topological polar surface area (TPSA) is 111 Å². The second-order valence-corrected chi connectivity index (χ2v) is 24.1. The van der Waals surface area contributed by atoms with E-state index in [4.69, 9.17) is 18.9 Å². The molecule has 0 fully saturated rings. The first-order valence-corrected chi connectivity index (χ1v) is 34.1. The molecule has 0 radical (unpaired) electrons. The minimum absolute atomic E-state index is 0.147. The monoisotopic (exact) mass is 1140 g/mol. The van der Waals surface area contributed by atoms with Gasteiger partial charge in [0, 0.05) is 12.8 Å². The fourth-order valence-electron chi connectivity index (χ4n) is 9.74. The number of rotatable bonds is 63. The summed E-state index contributed by atoms with van der Waals surface area (Å²) >= 11 is 0. The van der Waals surface area contributed by atoms with Crippen LogP contribution in [0.5, 0.6) is 0 Å². The summed E-state index contributed by atoms with van der Waals surface area (Å²) in [6.45, 7) is 4.67. The first-order valence-electron chi connectivity index (χ1n) is 34.1. The molecular formula is C72H129NO8. The summed E-state index contributed by atoms with van der Waals surface area (Å²) in [6, 6.07) is 0. The summed E-state index contributed by atoms with van der Waals surface area (Å²) in [5.74, 6) is -2.27. The minimum atomic E-state index is -1.62. The summed E-state index contributed by atoms with van der Waals surface area (Å²) < 4.78 is 22.8. The molecule has 0 heterocycles. The maximum atomic E-state index is 12.9. The number of hydrogen-bond donors (Lipinski definition) is 0. The molecule has 9 heteroatoms. The van der Waals surface area contributed by atoms with Crippen LogP contribution in [-0.4, -0.2) is 82.3 Å². The number of quaternary nitrogens is 1. The van der Waals surface area contributed by atoms with Crippen molar-refractivity contribution in [2.24, 2.45) is 0 Å². The Hall–Kier alpha value is -3.27. The van der Waals surface area contributed by atoms with Gasteiger partial charge in [0.2, 0.25) is 0 Å². The SMILES string of the molecule is CC/C=C\C/C=C\C/C=C\C/C=C\C/C=C\CCCCCCCCCCCCCCCCCC(=O)OC(COC(=O)CCCCCCCCCCCCCCC/C=C\CCCCCCCCCC)COC(OCC[N+](C)(C)C)C(=O)[O-]. The number of ether oxygens (including phenoxy) is 4. The molecule has 0 bridgehead atoms. The average molecular weight is 1140 g/mol. The van der Waals surface area contributed by atoms with Gasteiger partial charge in [-0.3, -0.25) is 9.59 Å². The standard InChI is InChI=1S/C72H129NO8/c1-6-8-10-12-14-16-18-20-22-24-26-28-30-32-33-34-35-36-37-39-41-43-45-47-49-51-53-55-57-59-61-63-70(75)81-68(67-80-72(71(76)77)78-65-64-73(3,4)5)66-79-69(74)62-60-58-56-54-52-50-48-46-44-42-40-38-31-29-27-25-23-21-19-17-15-13-11-9-7-2/h8,10,14,16,20,22,25-28,32-33,68,72H,6-7,9,11-13,15,17-19,21,23-24,29-31,34-67H2,1-5H3/b10-8-,16-14-,22-20-,27-25-,28-26-,33-32-. The Morgan fingerprint density at radius 2 is 0.704 bits per heavy atom. The van der Waals surface area contributed by atoms with Gasteiger partial charge in [0.25, 0.3) is 0 Å². The number of carbonyl (C=O) groups is 3. The van der Waals surface area contributed by atoms with Gasteiger partial charge in [-0.15, -0.1) is 0 Å². The number of unbranched alkanes of at least 4 members (excludes halogenated alkanes) is 36. The fourth-order valence-corrected chi connectivity index (χ4v) is 9.74. The first kappa shape index (κ1) is 77.7. The van der Waals surface area contributed by atoms with E-state index in [-0.39, 0.29) is 32.2 Å². The summed E-state index contributed by atoms with van der Waals surface area (Å²) in [7, 11) is 5.93. The van der Waals surface area contributed by atoms with Gasteiger partial charge in [0.05, 0.1) is 40.3 Å². The van der Waals surface area contributed by atoms with Crippen molar-refractivity contribution >= 4 is 17.9 Å². The highest BCUT2D eigenvalue weighted by Crippen LogP contribution is 2.17. The largest absolute Gasteiger partial charge is 0.545 e. The highest BCUT2D eigenvalue weighted by Gasteiger charge is 2.22. The van der Waals surface area contributed by atoms with Crippen LogP contribution in [0.1, 0.15) is 309 Å². The highest BCUT2D eigenvalue weighted by molar-refractivity contribution is 5.70. The molecule has 470 valence electrons. The van der Waals surface area contributed by atoms with Crippen molar-refractivity contribution in [3.05, 3.63) is 72.9 Å². The molecule has 0 amide bonds. The van der Waals surface area contributed by atoms with Crippen LogP contribution < -0.4 is 5.11 Å². The Balaban J connectivity index is 4.12. The van der Waals surface area contributed by atoms with E-state index in [9.17, 15) is 19.5 Å². The van der Waals surface area contributed by atoms with E-state index in [2.05, 4.69) is 86.8 Å². The average Bonchev–Trinajstić information content (AvgIpc) is 3.44. The maximum Gasteiger partial charge on any atom is 0.306 e. The van der Waals surface area contributed by atoms with Crippen LogP contribution >= 0.6 is 0 Å². The van der Waals surface area contributed by atoms with Gasteiger partial charge in [-0.05, 0) is 83.5 Å². The molecule has 2 unspecified atom stereocenters. The van der Waals surface area contributed by atoms with Gasteiger partial charge in [-0.25, -0.2) is 0 Å². The molecular weight excluding hydrogens is 1010 g/mol. The van der Waals surface area contributed by atoms with Gasteiger partial charge >= 0.3 is 11.9 Å². The Kier molecular flexibility index (Phi) is 60.2. The van der Waals surface area contributed by atoms with Crippen molar-refractivity contribution in [2.45, 2.75) is 322 Å². The molecule has 0 saturated heterocycles. The van der Waals surface area contributed by atoms with Gasteiger partial charge in [0.1, 0.15) is 13.2 Å². The number of carbonyl (C=O) groups excluding carboxylic acids is 3. The number of aliphatic carboxylic acids is 1. The van der Waals surface area contributed by atoms with Gasteiger partial charge in [-0.1, -0.05) is 286 Å². The summed E-state index contributed by atoms with van der Waals surface area (Å²) in [5.41, 5.74) is 0. The van der Waals surface area contributed by atoms with Crippen molar-refractivity contribution < 1.29 is 42.9 Å². The molecule has 0 aromatic rings. The number of nitrogens with zero attached hydrogens (tertiary/aromatic N) is 1. The molecule has 81 heavy (non-hydrogen) atoms. The Bertz CT molecular complexity index is 1560. The van der Waals surface area contributed by atoms with E-state index in [1.54, 1.807) is 0 Å². The zero-order chi connectivity index (χ0) is 59.1. The molecule has 0 aliphatic rings. The molecule has 0 saturated carbocycles. The predicted octanol–water partition coefficient (Wildman–Crippen LogP) is 19.6. The molecule has 9 nitrogen and oxygen atoms in total. The lowest BCUT2D eigenvalue weighted by molar-refractivity contribution is -0.870. The van der Waals surface area contributed by atoms with Crippen LogP contribution in [0, 0.1) is 0 Å². The van der Waals surface area contributed by atoms with Crippen LogP contribution in [0.4, 0.5) is 0 Å². The van der Waals surface area contributed by atoms with E-state index in [1.165, 1.54) is 205 Å². The smallest absolute Gasteiger partial charge is 0.306 e. The molecule has 0 aliphatic carbocycles. The maximum absolute atomic E-state index is 12.9. The number of esters is 2. The van der Waals surface area contributed by atoms with Crippen molar-refractivity contribution in [1.29, 1.82) is 0 Å². The van der Waals surface area contributed by atoms with E-state index in [0.29, 0.717) is 23.9 Å². The summed E-state index contributed by atoms with van der Waals surface area (Å²) in [4.78, 5) is 37.5. The molecule has 0 aromatic carbocycles. The second-order valence-electron chi connectivity index (χ2n) is 24.1. The van der Waals surface area contributed by atoms with Crippen LogP contribution in [-0.2, 0) is 33.3 Å². The fraction of sp³-hybridized carbons (Fsp3) is 0.792. The number of carboxylic acids is 1. The molecule has 0 spiro atoms. The minimum Gasteiger partial charge on any atom is -0.545 e. The van der Waals surface area contributed by atoms with E-state index < -0.39 is 24.3 Å². The van der Waals surface area contributed by atoms with Crippen molar-refractivity contribution in [2.75, 3.05) is 47.5 Å². The van der Waals surface area contributed by atoms with Crippen LogP contribution in [0.3, 0.4) is 0 Å². The number of carboxylic acid groups (broad SMARTS) is 1. The lowest BCUT2D eigenvalue weighted by Crippen LogP contribution is -2.44. The third kappa shape index (κ3) is 64.1. The van der Waals surface area contributed by atoms with Crippen LogP contribution in [0.2, 0.25) is 0 Å². The summed E-state index contributed by atoms with van der Waals surface area (Å²) in [5, 5.41) is 11.8. The quantitative estimate of drug-likeness (QED) is 0.0195. The van der Waals surface area contributed by atoms with Crippen LogP contribution in [0.15, 0.2) is 72.9 Å². The molecule has 0 aliphatic heterocycles. The van der Waals surface area contributed by atoms with E-state index in [1.807, 2.05) is 21.1 Å². The molecule has 0 N–H and O–H groups in total. The van der Waals surface area contributed by atoms with Crippen LogP contribution in [0.25, 0.3) is 0 Å². The molecule has 0 rings (SSSR count). The highest BCUT2D eigenvalue weighted by atomic mass is 16.7. The zero-order valence-electron chi connectivity index (χ0n) is 53.7. The predicted molar refractivity (Wildman–Crippen MR) is 343 cm³/mol. The lowest BCUT2D eigenvalue weighted by atomic mass is 10.0. The number of hydrogen-bond acceptors (Lipinski definition) is 8. The Labute approximate surface area is 500 Å². The normalized spacial score (nSPS) is 13.1. The number of allylic oxidation sites excluding steroid dienone is 12. The van der Waals surface area contributed by atoms with Crippen molar-refractivity contribution in [3.8, 4) is 0 Å². The third-order valence-electron chi connectivity index (χ3n) is 14.9. The van der Waals surface area contributed by atoms with Gasteiger partial charge < -0.3 is 33.3 Å². The second kappa shape index (κ2) is 62.8.